The topological polar surface area (TPSA) is 140 Å². The van der Waals surface area contributed by atoms with Gasteiger partial charge in [-0.25, -0.2) is 9.59 Å². The summed E-state index contributed by atoms with van der Waals surface area (Å²) in [6.45, 7) is 3.84. The Bertz CT molecular complexity index is 1620. The lowest BCUT2D eigenvalue weighted by Gasteiger charge is -2.28. The van der Waals surface area contributed by atoms with Crippen LogP contribution in [0.15, 0.2) is 75.4 Å². The summed E-state index contributed by atoms with van der Waals surface area (Å²) in [5.74, 6) is 0.688. The van der Waals surface area contributed by atoms with Crippen molar-refractivity contribution in [2.45, 2.75) is 32.7 Å². The van der Waals surface area contributed by atoms with Gasteiger partial charge in [-0.15, -0.1) is 0 Å². The summed E-state index contributed by atoms with van der Waals surface area (Å²) in [6, 6.07) is 14.5. The van der Waals surface area contributed by atoms with Crippen molar-refractivity contribution in [3.8, 4) is 17.2 Å². The maximum Gasteiger partial charge on any atom is 0.337 e. The Hall–Kier alpha value is -3.97. The first-order valence-electron chi connectivity index (χ1n) is 13.7. The van der Waals surface area contributed by atoms with Crippen molar-refractivity contribution >= 4 is 57.3 Å². The van der Waals surface area contributed by atoms with Crippen molar-refractivity contribution in [1.82, 2.24) is 16.1 Å². The Kier molecular flexibility index (Phi) is 11.9. The highest BCUT2D eigenvalue weighted by Gasteiger charge is 2.32. The minimum absolute atomic E-state index is 0.174. The SMILES string of the molecule is CCOc1cc([C@@H]2NC(=O)NC(C)=C2C(=O)OC)ccc1OC[C@H](O)N/N=C\c1cc(Br)ccc1OCc1ccc(Cl)c(Cl)c1. The van der Waals surface area contributed by atoms with E-state index in [0.29, 0.717) is 50.7 Å². The molecule has 1 aliphatic heterocycles. The number of rotatable bonds is 13. The highest BCUT2D eigenvalue weighted by atomic mass is 79.9. The molecule has 0 radical (unpaired) electrons. The van der Waals surface area contributed by atoms with Crippen LogP contribution in [0, 0.1) is 0 Å². The monoisotopic (exact) mass is 720 g/mol. The molecule has 0 spiro atoms. The van der Waals surface area contributed by atoms with E-state index < -0.39 is 24.3 Å². The van der Waals surface area contributed by atoms with Crippen molar-refractivity contribution in [3.63, 3.8) is 0 Å². The van der Waals surface area contributed by atoms with E-state index in [9.17, 15) is 14.7 Å². The molecule has 14 heteroatoms. The van der Waals surface area contributed by atoms with Crippen LogP contribution in [0.1, 0.15) is 36.6 Å². The third kappa shape index (κ3) is 9.04. The standard InChI is InChI=1S/C31H31BrCl2N4O7/c1-4-43-26-13-19(29-28(30(40)42-3)17(2)36-31(41)37-29)6-9-25(26)45-16-27(39)38-35-14-20-12-21(32)7-10-24(20)44-15-18-5-8-22(33)23(34)11-18/h5-14,27,29,38-39H,4,15-16H2,1-3H3,(H2,36,37,41)/b35-14-/t27-,29-/m0/s1. The summed E-state index contributed by atoms with van der Waals surface area (Å²) >= 11 is 15.6. The number of esters is 1. The molecule has 2 atom stereocenters. The molecule has 238 valence electrons. The van der Waals surface area contributed by atoms with Crippen molar-refractivity contribution in [1.29, 1.82) is 0 Å². The normalized spacial score (nSPS) is 15.3. The second kappa shape index (κ2) is 15.8. The molecule has 4 rings (SSSR count). The van der Waals surface area contributed by atoms with E-state index in [4.69, 9.17) is 42.1 Å². The number of ether oxygens (including phenoxy) is 4. The molecule has 0 saturated heterocycles. The lowest BCUT2D eigenvalue weighted by molar-refractivity contribution is -0.136. The summed E-state index contributed by atoms with van der Waals surface area (Å²) in [4.78, 5) is 24.6. The number of aliphatic hydroxyl groups is 1. The Morgan fingerprint density at radius 2 is 1.84 bits per heavy atom. The quantitative estimate of drug-likeness (QED) is 0.0746. The van der Waals surface area contributed by atoms with E-state index in [1.54, 1.807) is 43.3 Å². The highest BCUT2D eigenvalue weighted by Crippen LogP contribution is 2.35. The number of nitrogens with zero attached hydrogens (tertiary/aromatic N) is 1. The molecule has 0 saturated carbocycles. The van der Waals surface area contributed by atoms with Crippen LogP contribution in [0.3, 0.4) is 0 Å². The van der Waals surface area contributed by atoms with Crippen LogP contribution in [-0.2, 0) is 16.1 Å². The number of aliphatic hydroxyl groups excluding tert-OH is 1. The summed E-state index contributed by atoms with van der Waals surface area (Å²) in [5.41, 5.74) is 5.35. The number of hydrogen-bond donors (Lipinski definition) is 4. The number of methoxy groups -OCH3 is 1. The lowest BCUT2D eigenvalue weighted by atomic mass is 9.95. The smallest absolute Gasteiger partial charge is 0.337 e. The molecule has 1 heterocycles. The van der Waals surface area contributed by atoms with Crippen LogP contribution < -0.4 is 30.3 Å². The van der Waals surface area contributed by atoms with Gasteiger partial charge in [0.1, 0.15) is 19.0 Å². The first kappa shape index (κ1) is 33.9. The molecule has 0 aromatic heterocycles. The van der Waals surface area contributed by atoms with Crippen LogP contribution in [0.5, 0.6) is 17.2 Å². The number of amides is 2. The van der Waals surface area contributed by atoms with E-state index in [0.717, 1.165) is 10.0 Å². The van der Waals surface area contributed by atoms with Crippen LogP contribution in [0.25, 0.3) is 0 Å². The van der Waals surface area contributed by atoms with Crippen molar-refractivity contribution < 1.29 is 33.6 Å². The van der Waals surface area contributed by atoms with Crippen LogP contribution in [0.4, 0.5) is 4.79 Å². The van der Waals surface area contributed by atoms with E-state index >= 15 is 0 Å². The van der Waals surface area contributed by atoms with Gasteiger partial charge in [0.15, 0.2) is 17.7 Å². The van der Waals surface area contributed by atoms with Gasteiger partial charge in [-0.1, -0.05) is 51.3 Å². The number of nitrogens with one attached hydrogen (secondary N) is 3. The van der Waals surface area contributed by atoms with Crippen molar-refractivity contribution in [2.24, 2.45) is 5.10 Å². The zero-order valence-electron chi connectivity index (χ0n) is 24.5. The summed E-state index contributed by atoms with van der Waals surface area (Å²) in [6.07, 6.45) is 0.337. The maximum atomic E-state index is 12.5. The fourth-order valence-corrected chi connectivity index (χ4v) is 5.06. The number of allylic oxidation sites excluding steroid dienone is 1. The average Bonchev–Trinajstić information content (AvgIpc) is 3.01. The number of halogens is 3. The van der Waals surface area contributed by atoms with E-state index in [2.05, 4.69) is 37.1 Å². The number of carbonyl (C=O) groups excluding carboxylic acids is 2. The molecule has 2 amide bonds. The molecular formula is C31H31BrCl2N4O7. The maximum absolute atomic E-state index is 12.5. The largest absolute Gasteiger partial charge is 0.490 e. The Labute approximate surface area is 278 Å². The molecule has 11 nitrogen and oxygen atoms in total. The van der Waals surface area contributed by atoms with Gasteiger partial charge in [-0.3, -0.25) is 5.43 Å². The summed E-state index contributed by atoms with van der Waals surface area (Å²) in [7, 11) is 1.27. The number of carbonyl (C=O) groups is 2. The molecule has 4 N–H and O–H groups in total. The van der Waals surface area contributed by atoms with E-state index in [1.807, 2.05) is 25.1 Å². The van der Waals surface area contributed by atoms with Gasteiger partial charge in [-0.05, 0) is 67.4 Å². The van der Waals surface area contributed by atoms with Gasteiger partial charge in [0.2, 0.25) is 0 Å². The second-order valence-corrected chi connectivity index (χ2v) is 11.4. The Balaban J connectivity index is 1.40. The summed E-state index contributed by atoms with van der Waals surface area (Å²) in [5, 5.41) is 20.9. The Morgan fingerprint density at radius 3 is 2.58 bits per heavy atom. The number of benzene rings is 3. The van der Waals surface area contributed by atoms with Crippen LogP contribution in [0.2, 0.25) is 10.0 Å². The molecule has 0 unspecified atom stereocenters. The minimum atomic E-state index is -1.18. The summed E-state index contributed by atoms with van der Waals surface area (Å²) < 4.78 is 23.3. The van der Waals surface area contributed by atoms with Crippen LogP contribution in [-0.4, -0.2) is 49.9 Å². The second-order valence-electron chi connectivity index (χ2n) is 9.63. The van der Waals surface area contributed by atoms with Crippen molar-refractivity contribution in [2.75, 3.05) is 20.3 Å². The average molecular weight is 722 g/mol. The predicted octanol–water partition coefficient (Wildman–Crippen LogP) is 5.86. The lowest BCUT2D eigenvalue weighted by Crippen LogP contribution is -2.45. The Morgan fingerprint density at radius 1 is 1.07 bits per heavy atom. The van der Waals surface area contributed by atoms with E-state index in [-0.39, 0.29) is 18.8 Å². The molecule has 0 aliphatic carbocycles. The third-order valence-corrected chi connectivity index (χ3v) is 7.68. The minimum Gasteiger partial charge on any atom is -0.490 e. The van der Waals surface area contributed by atoms with Gasteiger partial charge >= 0.3 is 12.0 Å². The third-order valence-electron chi connectivity index (χ3n) is 6.45. The van der Waals surface area contributed by atoms with Gasteiger partial charge in [0.25, 0.3) is 0 Å². The number of urea groups is 1. The number of hydrogen-bond acceptors (Lipinski definition) is 9. The molecule has 1 aliphatic rings. The molecule has 0 fully saturated rings. The fraction of sp³-hybridized carbons (Fsp3) is 0.258. The predicted molar refractivity (Wildman–Crippen MR) is 174 cm³/mol. The zero-order valence-corrected chi connectivity index (χ0v) is 27.6. The first-order chi connectivity index (χ1) is 21.6. The van der Waals surface area contributed by atoms with Crippen LogP contribution >= 0.6 is 39.1 Å². The van der Waals surface area contributed by atoms with Gasteiger partial charge in [0.05, 0.1) is 41.6 Å². The highest BCUT2D eigenvalue weighted by molar-refractivity contribution is 9.10. The van der Waals surface area contributed by atoms with Gasteiger partial charge in [0, 0.05) is 15.7 Å². The molecule has 0 bridgehead atoms. The van der Waals surface area contributed by atoms with Crippen molar-refractivity contribution in [3.05, 3.63) is 97.1 Å². The number of hydrazone groups is 1. The molecule has 3 aromatic carbocycles. The fourth-order valence-electron chi connectivity index (χ4n) is 4.36. The first-order valence-corrected chi connectivity index (χ1v) is 15.2. The molecule has 3 aromatic rings. The van der Waals surface area contributed by atoms with Gasteiger partial charge in [-0.2, -0.15) is 5.10 Å². The zero-order chi connectivity index (χ0) is 32.5. The molecular weight excluding hydrogens is 691 g/mol. The van der Waals surface area contributed by atoms with Gasteiger partial charge < -0.3 is 34.7 Å². The molecule has 45 heavy (non-hydrogen) atoms. The van der Waals surface area contributed by atoms with E-state index in [1.165, 1.54) is 13.3 Å².